The number of pyridine rings is 1. The molecule has 0 bridgehead atoms. The van der Waals surface area contributed by atoms with Gasteiger partial charge in [-0.2, -0.15) is 0 Å². The molecule has 3 aromatic rings. The monoisotopic (exact) mass is 407 g/mol. The van der Waals surface area contributed by atoms with Crippen molar-refractivity contribution in [3.05, 3.63) is 76.1 Å². The third kappa shape index (κ3) is 3.75. The lowest BCUT2D eigenvalue weighted by atomic mass is 9.95. The highest BCUT2D eigenvalue weighted by Crippen LogP contribution is 2.33. The van der Waals surface area contributed by atoms with Crippen LogP contribution in [-0.2, 0) is 0 Å². The van der Waals surface area contributed by atoms with Crippen LogP contribution in [0.15, 0.2) is 59.4 Å². The van der Waals surface area contributed by atoms with Crippen LogP contribution >= 0.6 is 0 Å². The maximum absolute atomic E-state index is 12.2. The summed E-state index contributed by atoms with van der Waals surface area (Å²) >= 11 is 0. The standard InChI is InChI=1S/C22H21N3O5/c1-12(2)25(14-6-4-3-5-7-14)15-10-8-13(9-11-15)16-17(21(27)28)19(23)24-20(26)18(16)22(29)30/h3-12H,1-2H3,(H,27,28)(H,29,30)(H3,23,24,26). The van der Waals surface area contributed by atoms with E-state index >= 15 is 0 Å². The van der Waals surface area contributed by atoms with Gasteiger partial charge in [0.1, 0.15) is 16.9 Å². The Morgan fingerprint density at radius 3 is 1.93 bits per heavy atom. The molecule has 8 nitrogen and oxygen atoms in total. The van der Waals surface area contributed by atoms with Crippen molar-refractivity contribution >= 4 is 29.1 Å². The minimum absolute atomic E-state index is 0.123. The van der Waals surface area contributed by atoms with E-state index in [9.17, 15) is 24.6 Å². The normalized spacial score (nSPS) is 10.8. The molecule has 0 aliphatic rings. The molecule has 0 radical (unpaired) electrons. The molecule has 0 fully saturated rings. The molecule has 0 spiro atoms. The van der Waals surface area contributed by atoms with Crippen LogP contribution in [0.4, 0.5) is 17.2 Å². The van der Waals surface area contributed by atoms with Gasteiger partial charge in [0, 0.05) is 23.0 Å². The van der Waals surface area contributed by atoms with Gasteiger partial charge in [-0.05, 0) is 43.7 Å². The quantitative estimate of drug-likeness (QED) is 0.490. The number of hydrogen-bond donors (Lipinski definition) is 4. The summed E-state index contributed by atoms with van der Waals surface area (Å²) in [5.41, 5.74) is 5.44. The lowest BCUT2D eigenvalue weighted by Gasteiger charge is -2.29. The molecule has 0 saturated carbocycles. The minimum Gasteiger partial charge on any atom is -0.478 e. The molecule has 3 rings (SSSR count). The highest BCUT2D eigenvalue weighted by Gasteiger charge is 2.26. The number of benzene rings is 2. The number of carboxylic acid groups (broad SMARTS) is 2. The highest BCUT2D eigenvalue weighted by molar-refractivity contribution is 6.07. The summed E-state index contributed by atoms with van der Waals surface area (Å²) < 4.78 is 0. The Bertz CT molecular complexity index is 1150. The summed E-state index contributed by atoms with van der Waals surface area (Å²) in [5.74, 6) is -3.37. The van der Waals surface area contributed by atoms with E-state index < -0.39 is 34.4 Å². The predicted octanol–water partition coefficient (Wildman–Crippen LogP) is 3.57. The number of aromatic amines is 1. The van der Waals surface area contributed by atoms with Gasteiger partial charge in [-0.25, -0.2) is 9.59 Å². The number of aromatic carboxylic acids is 2. The maximum atomic E-state index is 12.2. The molecule has 154 valence electrons. The number of nitrogens with two attached hydrogens (primary N) is 1. The zero-order valence-electron chi connectivity index (χ0n) is 16.4. The van der Waals surface area contributed by atoms with Crippen LogP contribution in [0, 0.1) is 0 Å². The average Bonchev–Trinajstić information content (AvgIpc) is 2.68. The van der Waals surface area contributed by atoms with Gasteiger partial charge in [-0.1, -0.05) is 30.3 Å². The smallest absolute Gasteiger partial charge is 0.342 e. The molecule has 2 aromatic carbocycles. The van der Waals surface area contributed by atoms with Gasteiger partial charge in [0.05, 0.1) is 0 Å². The van der Waals surface area contributed by atoms with E-state index in [2.05, 4.69) is 9.88 Å². The van der Waals surface area contributed by atoms with Gasteiger partial charge in [-0.3, -0.25) is 4.79 Å². The Labute approximate surface area is 172 Å². The predicted molar refractivity (Wildman–Crippen MR) is 115 cm³/mol. The Morgan fingerprint density at radius 1 is 0.900 bits per heavy atom. The number of aromatic nitrogens is 1. The molecular weight excluding hydrogens is 386 g/mol. The molecule has 30 heavy (non-hydrogen) atoms. The third-order valence-corrected chi connectivity index (χ3v) is 4.66. The second kappa shape index (κ2) is 8.12. The number of carbonyl (C=O) groups is 2. The SMILES string of the molecule is CC(C)N(c1ccccc1)c1ccc(-c2c(C(=O)O)c(N)[nH]c(=O)c2C(=O)O)cc1. The largest absolute Gasteiger partial charge is 0.478 e. The van der Waals surface area contributed by atoms with E-state index in [1.165, 1.54) is 0 Å². The fourth-order valence-corrected chi connectivity index (χ4v) is 3.46. The van der Waals surface area contributed by atoms with Crippen molar-refractivity contribution in [3.8, 4) is 11.1 Å². The molecule has 0 saturated heterocycles. The van der Waals surface area contributed by atoms with E-state index in [1.807, 2.05) is 44.2 Å². The van der Waals surface area contributed by atoms with Crippen LogP contribution in [0.5, 0.6) is 0 Å². The molecule has 0 aliphatic heterocycles. The number of nitrogen functional groups attached to an aromatic ring is 1. The van der Waals surface area contributed by atoms with Gasteiger partial charge in [0.2, 0.25) is 0 Å². The lowest BCUT2D eigenvalue weighted by molar-refractivity contribution is 0.0695. The molecule has 5 N–H and O–H groups in total. The zero-order valence-corrected chi connectivity index (χ0v) is 16.4. The van der Waals surface area contributed by atoms with E-state index in [-0.39, 0.29) is 17.2 Å². The summed E-state index contributed by atoms with van der Waals surface area (Å²) in [5, 5.41) is 19.1. The van der Waals surface area contributed by atoms with Crippen LogP contribution in [-0.4, -0.2) is 33.2 Å². The van der Waals surface area contributed by atoms with Gasteiger partial charge in [0.15, 0.2) is 0 Å². The third-order valence-electron chi connectivity index (χ3n) is 4.66. The first kappa shape index (κ1) is 20.7. The summed E-state index contributed by atoms with van der Waals surface area (Å²) in [4.78, 5) is 39.8. The number of rotatable bonds is 6. The minimum atomic E-state index is -1.54. The Kier molecular flexibility index (Phi) is 5.59. The number of hydrogen-bond acceptors (Lipinski definition) is 5. The highest BCUT2D eigenvalue weighted by atomic mass is 16.4. The van der Waals surface area contributed by atoms with Gasteiger partial charge in [-0.15, -0.1) is 0 Å². The van der Waals surface area contributed by atoms with Crippen molar-refractivity contribution in [1.82, 2.24) is 4.98 Å². The van der Waals surface area contributed by atoms with Crippen molar-refractivity contribution in [2.45, 2.75) is 19.9 Å². The Hall–Kier alpha value is -4.07. The van der Waals surface area contributed by atoms with E-state index in [1.54, 1.807) is 24.3 Å². The van der Waals surface area contributed by atoms with Crippen molar-refractivity contribution in [3.63, 3.8) is 0 Å². The fraction of sp³-hybridized carbons (Fsp3) is 0.136. The van der Waals surface area contributed by atoms with Crippen LogP contribution < -0.4 is 16.2 Å². The fourth-order valence-electron chi connectivity index (χ4n) is 3.46. The van der Waals surface area contributed by atoms with Crippen molar-refractivity contribution in [2.75, 3.05) is 10.6 Å². The number of anilines is 3. The molecular formula is C22H21N3O5. The second-order valence-electron chi connectivity index (χ2n) is 6.95. The molecule has 0 atom stereocenters. The van der Waals surface area contributed by atoms with Crippen molar-refractivity contribution in [2.24, 2.45) is 0 Å². The molecule has 8 heteroatoms. The van der Waals surface area contributed by atoms with Crippen molar-refractivity contribution < 1.29 is 19.8 Å². The number of nitrogens with zero attached hydrogens (tertiary/aromatic N) is 1. The summed E-state index contributed by atoms with van der Waals surface area (Å²) in [6.07, 6.45) is 0. The first-order valence-corrected chi connectivity index (χ1v) is 9.19. The van der Waals surface area contributed by atoms with Gasteiger partial charge < -0.3 is 25.8 Å². The van der Waals surface area contributed by atoms with Gasteiger partial charge >= 0.3 is 11.9 Å². The molecule has 1 aromatic heterocycles. The van der Waals surface area contributed by atoms with E-state index in [4.69, 9.17) is 5.73 Å². The average molecular weight is 407 g/mol. The summed E-state index contributed by atoms with van der Waals surface area (Å²) in [6.45, 7) is 4.06. The molecule has 1 heterocycles. The first-order valence-electron chi connectivity index (χ1n) is 9.19. The number of para-hydroxylation sites is 1. The van der Waals surface area contributed by atoms with Gasteiger partial charge in [0.25, 0.3) is 5.56 Å². The zero-order chi connectivity index (χ0) is 22.0. The van der Waals surface area contributed by atoms with Crippen LogP contribution in [0.1, 0.15) is 34.6 Å². The summed E-state index contributed by atoms with van der Waals surface area (Å²) in [7, 11) is 0. The summed E-state index contributed by atoms with van der Waals surface area (Å²) in [6, 6.07) is 16.5. The van der Waals surface area contributed by atoms with Crippen molar-refractivity contribution in [1.29, 1.82) is 0 Å². The Morgan fingerprint density at radius 2 is 1.43 bits per heavy atom. The number of H-pyrrole nitrogens is 1. The first-order chi connectivity index (χ1) is 14.2. The van der Waals surface area contributed by atoms with Crippen LogP contribution in [0.25, 0.3) is 11.1 Å². The number of carboxylic acids is 2. The lowest BCUT2D eigenvalue weighted by Crippen LogP contribution is -2.25. The van der Waals surface area contributed by atoms with Crippen LogP contribution in [0.2, 0.25) is 0 Å². The second-order valence-corrected chi connectivity index (χ2v) is 6.95. The molecule has 0 aliphatic carbocycles. The molecule has 0 amide bonds. The maximum Gasteiger partial charge on any atom is 0.342 e. The topological polar surface area (TPSA) is 137 Å². The molecule has 0 unspecified atom stereocenters. The van der Waals surface area contributed by atoms with E-state index in [0.717, 1.165) is 11.4 Å². The van der Waals surface area contributed by atoms with Crippen LogP contribution in [0.3, 0.4) is 0 Å². The Balaban J connectivity index is 2.19. The van der Waals surface area contributed by atoms with E-state index in [0.29, 0.717) is 0 Å². The number of nitrogens with one attached hydrogen (secondary N) is 1.